The van der Waals surface area contributed by atoms with Crippen molar-refractivity contribution in [2.45, 2.75) is 32.2 Å². The maximum absolute atomic E-state index is 5.89. The van der Waals surface area contributed by atoms with Crippen LogP contribution in [0, 0.1) is 0 Å². The monoisotopic (exact) mass is 311 g/mol. The fourth-order valence-corrected chi connectivity index (χ4v) is 3.77. The summed E-state index contributed by atoms with van der Waals surface area (Å²) >= 11 is 7.01. The average Bonchev–Trinajstić information content (AvgIpc) is 2.96. The zero-order valence-corrected chi connectivity index (χ0v) is 13.9. The summed E-state index contributed by atoms with van der Waals surface area (Å²) in [4.78, 5) is 5.68. The Hall–Kier alpha value is -0.490. The summed E-state index contributed by atoms with van der Waals surface area (Å²) in [6.07, 6.45) is 3.39. The second-order valence-corrected chi connectivity index (χ2v) is 6.72. The summed E-state index contributed by atoms with van der Waals surface area (Å²) in [6.45, 7) is 7.80. The quantitative estimate of drug-likeness (QED) is 0.784. The minimum Gasteiger partial charge on any atom is -0.392 e. The summed E-state index contributed by atoms with van der Waals surface area (Å²) < 4.78 is 0. The number of thiocarbonyl (C=S) groups is 1. The van der Waals surface area contributed by atoms with Crippen LogP contribution in [0.2, 0.25) is 0 Å². The van der Waals surface area contributed by atoms with Gasteiger partial charge in [0, 0.05) is 32.7 Å². The van der Waals surface area contributed by atoms with Gasteiger partial charge in [-0.2, -0.15) is 11.3 Å². The topological polar surface area (TPSA) is 32.5 Å². The third kappa shape index (κ3) is 4.52. The van der Waals surface area contributed by atoms with Crippen LogP contribution in [0.1, 0.15) is 25.3 Å². The van der Waals surface area contributed by atoms with E-state index in [0.29, 0.717) is 11.0 Å². The van der Waals surface area contributed by atoms with Gasteiger partial charge in [-0.05, 0) is 35.2 Å². The van der Waals surface area contributed by atoms with E-state index in [-0.39, 0.29) is 0 Å². The molecule has 2 N–H and O–H groups in total. The van der Waals surface area contributed by atoms with Crippen molar-refractivity contribution >= 4 is 28.5 Å². The summed E-state index contributed by atoms with van der Waals surface area (Å²) in [5, 5.41) is 4.41. The van der Waals surface area contributed by atoms with Gasteiger partial charge in [-0.25, -0.2) is 0 Å². The molecule has 1 aromatic heterocycles. The first-order chi connectivity index (χ1) is 9.70. The van der Waals surface area contributed by atoms with Crippen molar-refractivity contribution in [3.8, 4) is 0 Å². The molecule has 0 bridgehead atoms. The van der Waals surface area contributed by atoms with Gasteiger partial charge in [-0.3, -0.25) is 4.90 Å². The van der Waals surface area contributed by atoms with Gasteiger partial charge in [0.25, 0.3) is 0 Å². The molecule has 1 fully saturated rings. The normalized spacial score (nSPS) is 19.1. The third-order valence-electron chi connectivity index (χ3n) is 4.03. The van der Waals surface area contributed by atoms with Crippen molar-refractivity contribution in [2.24, 2.45) is 5.73 Å². The largest absolute Gasteiger partial charge is 0.392 e. The van der Waals surface area contributed by atoms with E-state index in [0.717, 1.165) is 52.0 Å². The first-order valence-corrected chi connectivity index (χ1v) is 8.82. The smallest absolute Gasteiger partial charge is 0.0902 e. The Kier molecular flexibility index (Phi) is 6.42. The summed E-state index contributed by atoms with van der Waals surface area (Å²) in [6, 6.07) is 2.53. The zero-order valence-electron chi connectivity index (χ0n) is 12.3. The van der Waals surface area contributed by atoms with Crippen LogP contribution >= 0.6 is 23.6 Å². The summed E-state index contributed by atoms with van der Waals surface area (Å²) in [5.74, 6) is 0. The molecule has 1 aliphatic rings. The molecule has 0 aromatic carbocycles. The number of nitrogens with zero attached hydrogens (tertiary/aromatic N) is 2. The van der Waals surface area contributed by atoms with Gasteiger partial charge < -0.3 is 10.6 Å². The molecule has 1 aromatic rings. The van der Waals surface area contributed by atoms with Crippen LogP contribution in [0.15, 0.2) is 16.8 Å². The second kappa shape index (κ2) is 8.08. The van der Waals surface area contributed by atoms with E-state index in [1.807, 2.05) is 0 Å². The Bertz CT molecular complexity index is 397. The van der Waals surface area contributed by atoms with Gasteiger partial charge in [-0.15, -0.1) is 0 Å². The molecule has 1 atom stereocenters. The van der Waals surface area contributed by atoms with Crippen molar-refractivity contribution in [3.63, 3.8) is 0 Å². The molecule has 5 heteroatoms. The highest BCUT2D eigenvalue weighted by Crippen LogP contribution is 2.13. The molecule has 0 spiro atoms. The van der Waals surface area contributed by atoms with Crippen molar-refractivity contribution in [3.05, 3.63) is 22.4 Å². The molecular weight excluding hydrogens is 286 g/mol. The highest BCUT2D eigenvalue weighted by atomic mass is 32.1. The Morgan fingerprint density at radius 2 is 2.15 bits per heavy atom. The molecular formula is C15H25N3S2. The minimum atomic E-state index is 0.300. The van der Waals surface area contributed by atoms with Crippen molar-refractivity contribution in [1.29, 1.82) is 0 Å². The van der Waals surface area contributed by atoms with Crippen LogP contribution in [0.3, 0.4) is 0 Å². The first-order valence-electron chi connectivity index (χ1n) is 7.47. The molecule has 1 aliphatic heterocycles. The van der Waals surface area contributed by atoms with Crippen LogP contribution < -0.4 is 5.73 Å². The summed E-state index contributed by atoms with van der Waals surface area (Å²) in [7, 11) is 0. The van der Waals surface area contributed by atoms with Crippen LogP contribution in [0.5, 0.6) is 0 Å². The van der Waals surface area contributed by atoms with Gasteiger partial charge in [-0.1, -0.05) is 25.6 Å². The first kappa shape index (κ1) is 15.9. The molecule has 1 saturated heterocycles. The fraction of sp³-hybridized carbons (Fsp3) is 0.667. The molecule has 20 heavy (non-hydrogen) atoms. The Morgan fingerprint density at radius 3 is 2.70 bits per heavy atom. The van der Waals surface area contributed by atoms with Crippen LogP contribution in [-0.2, 0) is 6.42 Å². The molecule has 112 valence electrons. The van der Waals surface area contributed by atoms with Crippen LogP contribution in [0.4, 0.5) is 0 Å². The van der Waals surface area contributed by atoms with Crippen molar-refractivity contribution < 1.29 is 0 Å². The van der Waals surface area contributed by atoms with Gasteiger partial charge in [0.15, 0.2) is 0 Å². The van der Waals surface area contributed by atoms with E-state index in [1.54, 1.807) is 11.3 Å². The number of thiophene rings is 1. The zero-order chi connectivity index (χ0) is 14.4. The molecule has 0 amide bonds. The molecule has 2 rings (SSSR count). The van der Waals surface area contributed by atoms with Gasteiger partial charge in [0.2, 0.25) is 0 Å². The number of nitrogens with two attached hydrogens (primary N) is 1. The predicted molar refractivity (Wildman–Crippen MR) is 91.5 cm³/mol. The molecule has 2 heterocycles. The molecule has 0 radical (unpaired) electrons. The van der Waals surface area contributed by atoms with Crippen molar-refractivity contribution in [2.75, 3.05) is 32.7 Å². The summed E-state index contributed by atoms with van der Waals surface area (Å²) in [5.41, 5.74) is 7.35. The molecule has 0 aliphatic carbocycles. The lowest BCUT2D eigenvalue weighted by atomic mass is 10.1. The van der Waals surface area contributed by atoms with Crippen LogP contribution in [0.25, 0.3) is 0 Å². The standard InChI is InChI=1S/C15H25N3S2/c1-2-3-14(15(16)19)18-9-7-17(8-10-18)6-4-13-5-11-20-12-13/h5,11-12,14H,2-4,6-10H2,1H3,(H2,16,19). The highest BCUT2D eigenvalue weighted by molar-refractivity contribution is 7.80. The van der Waals surface area contributed by atoms with Crippen LogP contribution in [-0.4, -0.2) is 53.6 Å². The van der Waals surface area contributed by atoms with E-state index >= 15 is 0 Å². The molecule has 1 unspecified atom stereocenters. The third-order valence-corrected chi connectivity index (χ3v) is 5.04. The van der Waals surface area contributed by atoms with Gasteiger partial charge in [0.05, 0.1) is 11.0 Å². The Morgan fingerprint density at radius 1 is 1.40 bits per heavy atom. The number of rotatable bonds is 7. The highest BCUT2D eigenvalue weighted by Gasteiger charge is 2.24. The Balaban J connectivity index is 1.75. The van der Waals surface area contributed by atoms with Gasteiger partial charge >= 0.3 is 0 Å². The SMILES string of the molecule is CCCC(C(N)=S)N1CCN(CCc2ccsc2)CC1. The lowest BCUT2D eigenvalue weighted by Crippen LogP contribution is -2.53. The molecule has 3 nitrogen and oxygen atoms in total. The van der Waals surface area contributed by atoms with E-state index < -0.39 is 0 Å². The van der Waals surface area contributed by atoms with E-state index in [9.17, 15) is 0 Å². The number of piperazine rings is 1. The van der Waals surface area contributed by atoms with E-state index in [2.05, 4.69) is 33.6 Å². The van der Waals surface area contributed by atoms with E-state index in [4.69, 9.17) is 18.0 Å². The maximum Gasteiger partial charge on any atom is 0.0902 e. The second-order valence-electron chi connectivity index (χ2n) is 5.47. The number of hydrogen-bond acceptors (Lipinski definition) is 4. The van der Waals surface area contributed by atoms with Crippen molar-refractivity contribution in [1.82, 2.24) is 9.80 Å². The lowest BCUT2D eigenvalue weighted by molar-refractivity contribution is 0.115. The Labute approximate surface area is 131 Å². The fourth-order valence-electron chi connectivity index (χ4n) is 2.80. The average molecular weight is 312 g/mol. The number of hydrogen-bond donors (Lipinski definition) is 1. The van der Waals surface area contributed by atoms with Gasteiger partial charge in [0.1, 0.15) is 0 Å². The minimum absolute atomic E-state index is 0.300. The lowest BCUT2D eigenvalue weighted by Gasteiger charge is -2.39. The predicted octanol–water partition coefficient (Wildman–Crippen LogP) is 2.36. The van der Waals surface area contributed by atoms with E-state index in [1.165, 1.54) is 5.56 Å². The molecule has 0 saturated carbocycles. The maximum atomic E-state index is 5.89.